The standard InChI is InChI=1S/C26H29ClN8O4/c27-20-2-1-3-21(30-20)31-22(36)14-34(17-5-6-17)24(38)15-35-19-7-4-16(12-18(19)25(32-35)26(28)39)13-23(37)33-10-8-29-9-11-33/h1-4,7,12,17,29H,5-6,8-11,13-15H2,(H2,28,39)(H,30,31,36). The molecule has 0 atom stereocenters. The number of carbonyl (C=O) groups excluding carboxylic acids is 4. The summed E-state index contributed by atoms with van der Waals surface area (Å²) in [5, 5.41) is 10.9. The van der Waals surface area contributed by atoms with Crippen molar-refractivity contribution >= 4 is 52.0 Å². The third kappa shape index (κ3) is 6.35. The highest BCUT2D eigenvalue weighted by atomic mass is 35.5. The van der Waals surface area contributed by atoms with Gasteiger partial charge in [0.15, 0.2) is 5.69 Å². The summed E-state index contributed by atoms with van der Waals surface area (Å²) in [5.41, 5.74) is 6.89. The Kier molecular flexibility index (Phi) is 7.75. The maximum atomic E-state index is 13.3. The lowest BCUT2D eigenvalue weighted by atomic mass is 10.1. The summed E-state index contributed by atoms with van der Waals surface area (Å²) in [6, 6.07) is 10.1. The molecule has 1 aliphatic heterocycles. The number of primary amides is 1. The summed E-state index contributed by atoms with van der Waals surface area (Å²) in [7, 11) is 0. The Morgan fingerprint density at radius 2 is 1.90 bits per heavy atom. The number of anilines is 1. The topological polar surface area (TPSA) is 156 Å². The van der Waals surface area contributed by atoms with Crippen LogP contribution in [0.4, 0.5) is 5.82 Å². The molecule has 1 saturated heterocycles. The second kappa shape index (κ2) is 11.4. The van der Waals surface area contributed by atoms with E-state index in [9.17, 15) is 19.2 Å². The fourth-order valence-corrected chi connectivity index (χ4v) is 4.84. The number of nitrogens with two attached hydrogens (primary N) is 1. The minimum Gasteiger partial charge on any atom is -0.364 e. The van der Waals surface area contributed by atoms with Crippen LogP contribution >= 0.6 is 11.6 Å². The quantitative estimate of drug-likeness (QED) is 0.331. The van der Waals surface area contributed by atoms with Crippen LogP contribution in [0.3, 0.4) is 0 Å². The summed E-state index contributed by atoms with van der Waals surface area (Å²) >= 11 is 5.89. The van der Waals surface area contributed by atoms with Gasteiger partial charge < -0.3 is 26.2 Å². The van der Waals surface area contributed by atoms with Crippen LogP contribution in [0.1, 0.15) is 28.9 Å². The Morgan fingerprint density at radius 3 is 2.59 bits per heavy atom. The van der Waals surface area contributed by atoms with Gasteiger partial charge in [-0.05, 0) is 42.7 Å². The predicted octanol–water partition coefficient (Wildman–Crippen LogP) is 0.788. The number of rotatable bonds is 9. The first-order valence-corrected chi connectivity index (χ1v) is 13.2. The largest absolute Gasteiger partial charge is 0.364 e. The molecule has 1 saturated carbocycles. The van der Waals surface area contributed by atoms with Gasteiger partial charge in [0.05, 0.1) is 11.9 Å². The number of pyridine rings is 1. The van der Waals surface area contributed by atoms with E-state index >= 15 is 0 Å². The molecule has 0 bridgehead atoms. The van der Waals surface area contributed by atoms with E-state index in [2.05, 4.69) is 20.7 Å². The number of benzene rings is 1. The molecule has 4 amide bonds. The number of nitrogens with one attached hydrogen (secondary N) is 2. The molecule has 12 nitrogen and oxygen atoms in total. The van der Waals surface area contributed by atoms with Gasteiger partial charge in [0.25, 0.3) is 5.91 Å². The number of piperazine rings is 1. The third-order valence-corrected chi connectivity index (χ3v) is 6.97. The van der Waals surface area contributed by atoms with Crippen LogP contribution in [0.5, 0.6) is 0 Å². The van der Waals surface area contributed by atoms with Crippen molar-refractivity contribution in [1.82, 2.24) is 29.9 Å². The van der Waals surface area contributed by atoms with Gasteiger partial charge in [-0.3, -0.25) is 23.9 Å². The molecule has 5 rings (SSSR count). The minimum absolute atomic E-state index is 0.00497. The van der Waals surface area contributed by atoms with Crippen LogP contribution in [0.15, 0.2) is 36.4 Å². The molecule has 0 spiro atoms. The Labute approximate surface area is 229 Å². The summed E-state index contributed by atoms with van der Waals surface area (Å²) in [6.45, 7) is 2.49. The highest BCUT2D eigenvalue weighted by molar-refractivity contribution is 6.29. The molecule has 4 N–H and O–H groups in total. The zero-order valence-electron chi connectivity index (χ0n) is 21.2. The van der Waals surface area contributed by atoms with Crippen molar-refractivity contribution in [3.8, 4) is 0 Å². The van der Waals surface area contributed by atoms with Crippen molar-refractivity contribution in [2.24, 2.45) is 5.73 Å². The van der Waals surface area contributed by atoms with Gasteiger partial charge in [0.1, 0.15) is 24.1 Å². The summed E-state index contributed by atoms with van der Waals surface area (Å²) in [4.78, 5) is 58.3. The van der Waals surface area contributed by atoms with E-state index in [1.807, 2.05) is 4.90 Å². The fraction of sp³-hybridized carbons (Fsp3) is 0.385. The van der Waals surface area contributed by atoms with E-state index in [1.165, 1.54) is 9.58 Å². The van der Waals surface area contributed by atoms with Gasteiger partial charge in [-0.15, -0.1) is 0 Å². The lowest BCUT2D eigenvalue weighted by Crippen LogP contribution is -2.46. The number of amides is 4. The zero-order valence-corrected chi connectivity index (χ0v) is 22.0. The monoisotopic (exact) mass is 552 g/mol. The number of fused-ring (bicyclic) bond motifs is 1. The molecule has 1 aromatic carbocycles. The summed E-state index contributed by atoms with van der Waals surface area (Å²) in [6.07, 6.45) is 1.78. The predicted molar refractivity (Wildman–Crippen MR) is 144 cm³/mol. The third-order valence-electron chi connectivity index (χ3n) is 6.76. The molecule has 0 unspecified atom stereocenters. The van der Waals surface area contributed by atoms with Gasteiger partial charge in [0.2, 0.25) is 17.7 Å². The van der Waals surface area contributed by atoms with Crippen molar-refractivity contribution < 1.29 is 19.2 Å². The molecule has 2 aromatic heterocycles. The van der Waals surface area contributed by atoms with Crippen molar-refractivity contribution in [2.75, 3.05) is 38.0 Å². The van der Waals surface area contributed by atoms with Crippen LogP contribution in [0, 0.1) is 0 Å². The van der Waals surface area contributed by atoms with Crippen molar-refractivity contribution in [3.63, 3.8) is 0 Å². The number of halogens is 1. The van der Waals surface area contributed by atoms with Crippen molar-refractivity contribution in [3.05, 3.63) is 52.8 Å². The van der Waals surface area contributed by atoms with E-state index in [4.69, 9.17) is 17.3 Å². The van der Waals surface area contributed by atoms with E-state index < -0.39 is 11.8 Å². The average Bonchev–Trinajstić information content (AvgIpc) is 3.69. The lowest BCUT2D eigenvalue weighted by molar-refractivity contribution is -0.136. The van der Waals surface area contributed by atoms with Crippen LogP contribution in [-0.2, 0) is 27.3 Å². The first-order chi connectivity index (χ1) is 18.8. The molecule has 39 heavy (non-hydrogen) atoms. The Morgan fingerprint density at radius 1 is 1.13 bits per heavy atom. The highest BCUT2D eigenvalue weighted by Gasteiger charge is 2.34. The van der Waals surface area contributed by atoms with Gasteiger partial charge in [-0.1, -0.05) is 23.7 Å². The van der Waals surface area contributed by atoms with Gasteiger partial charge in [-0.2, -0.15) is 5.10 Å². The number of hydrogen-bond acceptors (Lipinski definition) is 7. The molecule has 0 radical (unpaired) electrons. The molecular formula is C26H29ClN8O4. The van der Waals surface area contributed by atoms with E-state index in [1.54, 1.807) is 36.4 Å². The second-order valence-corrected chi connectivity index (χ2v) is 10.1. The van der Waals surface area contributed by atoms with Crippen LogP contribution in [0.2, 0.25) is 5.15 Å². The second-order valence-electron chi connectivity index (χ2n) is 9.68. The maximum absolute atomic E-state index is 13.3. The smallest absolute Gasteiger partial charge is 0.269 e. The average molecular weight is 553 g/mol. The molecule has 204 valence electrons. The first-order valence-electron chi connectivity index (χ1n) is 12.8. The molecule has 13 heteroatoms. The fourth-order valence-electron chi connectivity index (χ4n) is 4.68. The number of aromatic nitrogens is 3. The van der Waals surface area contributed by atoms with Crippen LogP contribution < -0.4 is 16.4 Å². The first kappa shape index (κ1) is 26.6. The van der Waals surface area contributed by atoms with Gasteiger partial charge in [-0.25, -0.2) is 4.98 Å². The zero-order chi connectivity index (χ0) is 27.5. The van der Waals surface area contributed by atoms with E-state index in [0.29, 0.717) is 29.8 Å². The molecular weight excluding hydrogens is 524 g/mol. The Hall–Kier alpha value is -4.03. The minimum atomic E-state index is -0.732. The highest BCUT2D eigenvalue weighted by Crippen LogP contribution is 2.28. The number of nitrogens with zero attached hydrogens (tertiary/aromatic N) is 5. The number of hydrogen-bond donors (Lipinski definition) is 3. The molecule has 3 heterocycles. The van der Waals surface area contributed by atoms with Gasteiger partial charge >= 0.3 is 0 Å². The maximum Gasteiger partial charge on any atom is 0.269 e. The molecule has 3 aromatic rings. The van der Waals surface area contributed by atoms with Crippen LogP contribution in [0.25, 0.3) is 10.9 Å². The number of carbonyl (C=O) groups is 4. The van der Waals surface area contributed by atoms with Crippen LogP contribution in [-0.4, -0.2) is 87.0 Å². The normalized spacial score (nSPS) is 15.3. The van der Waals surface area contributed by atoms with Crippen molar-refractivity contribution in [1.29, 1.82) is 0 Å². The molecule has 1 aliphatic carbocycles. The van der Waals surface area contributed by atoms with Crippen molar-refractivity contribution in [2.45, 2.75) is 31.8 Å². The van der Waals surface area contributed by atoms with E-state index in [0.717, 1.165) is 31.5 Å². The Bertz CT molecular complexity index is 1430. The molecule has 2 fully saturated rings. The summed E-state index contributed by atoms with van der Waals surface area (Å²) in [5.74, 6) is -1.14. The SMILES string of the molecule is NC(=O)c1nn(CC(=O)N(CC(=O)Nc2cccc(Cl)n2)C2CC2)c2ccc(CC(=O)N3CCNCC3)cc12. The summed E-state index contributed by atoms with van der Waals surface area (Å²) < 4.78 is 1.42. The van der Waals surface area contributed by atoms with E-state index in [-0.39, 0.29) is 48.2 Å². The lowest BCUT2D eigenvalue weighted by Gasteiger charge is -2.27. The molecule has 2 aliphatic rings. The Balaban J connectivity index is 1.31. The van der Waals surface area contributed by atoms with Gasteiger partial charge in [0, 0.05) is 37.6 Å².